The van der Waals surface area contributed by atoms with Crippen molar-refractivity contribution in [3.05, 3.63) is 29.1 Å². The van der Waals surface area contributed by atoms with Crippen LogP contribution < -0.4 is 0 Å². The summed E-state index contributed by atoms with van der Waals surface area (Å²) >= 11 is 0. The SMILES string of the molecule is O=C=NCc1c(O)c(F)cc(F)c1F. The number of nitrogens with zero attached hydrogens (tertiary/aromatic N) is 1. The normalized spacial score (nSPS) is 9.64. The Kier molecular flexibility index (Phi) is 2.89. The van der Waals surface area contributed by atoms with Gasteiger partial charge in [0.2, 0.25) is 6.08 Å². The van der Waals surface area contributed by atoms with Crippen molar-refractivity contribution in [2.75, 3.05) is 0 Å². The molecule has 1 aromatic rings. The van der Waals surface area contributed by atoms with Gasteiger partial charge < -0.3 is 5.11 Å². The maximum atomic E-state index is 12.9. The van der Waals surface area contributed by atoms with Crippen molar-refractivity contribution >= 4 is 6.08 Å². The van der Waals surface area contributed by atoms with Gasteiger partial charge in [0, 0.05) is 6.07 Å². The van der Waals surface area contributed by atoms with E-state index in [1.165, 1.54) is 0 Å². The minimum Gasteiger partial charge on any atom is -0.505 e. The van der Waals surface area contributed by atoms with Crippen LogP contribution >= 0.6 is 0 Å². The fourth-order valence-electron chi connectivity index (χ4n) is 0.891. The Morgan fingerprint density at radius 2 is 2.00 bits per heavy atom. The second kappa shape index (κ2) is 3.93. The lowest BCUT2D eigenvalue weighted by atomic mass is 10.1. The van der Waals surface area contributed by atoms with E-state index >= 15 is 0 Å². The molecule has 0 saturated heterocycles. The van der Waals surface area contributed by atoms with Crippen LogP contribution in [0.2, 0.25) is 0 Å². The van der Waals surface area contributed by atoms with E-state index in [2.05, 4.69) is 4.99 Å². The molecule has 6 heteroatoms. The highest BCUT2D eigenvalue weighted by atomic mass is 19.2. The van der Waals surface area contributed by atoms with E-state index in [0.29, 0.717) is 0 Å². The molecule has 0 fully saturated rings. The minimum atomic E-state index is -1.45. The minimum absolute atomic E-state index is 0.207. The molecule has 0 heterocycles. The van der Waals surface area contributed by atoms with E-state index in [-0.39, 0.29) is 6.07 Å². The fraction of sp³-hybridized carbons (Fsp3) is 0.125. The van der Waals surface area contributed by atoms with E-state index in [1.54, 1.807) is 0 Å². The summed E-state index contributed by atoms with van der Waals surface area (Å²) in [6.07, 6.45) is 1.06. The average molecular weight is 203 g/mol. The zero-order valence-electron chi connectivity index (χ0n) is 6.72. The smallest absolute Gasteiger partial charge is 0.235 e. The van der Waals surface area contributed by atoms with Crippen LogP contribution in [0.4, 0.5) is 13.2 Å². The molecular weight excluding hydrogens is 199 g/mol. The van der Waals surface area contributed by atoms with E-state index in [0.717, 1.165) is 6.08 Å². The van der Waals surface area contributed by atoms with Gasteiger partial charge in [-0.15, -0.1) is 0 Å². The average Bonchev–Trinajstić information content (AvgIpc) is 2.15. The van der Waals surface area contributed by atoms with Gasteiger partial charge in [-0.25, -0.2) is 23.0 Å². The summed E-state index contributed by atoms with van der Waals surface area (Å²) in [5, 5.41) is 8.96. The highest BCUT2D eigenvalue weighted by Crippen LogP contribution is 2.26. The molecule has 14 heavy (non-hydrogen) atoms. The van der Waals surface area contributed by atoms with Crippen molar-refractivity contribution in [2.45, 2.75) is 6.54 Å². The van der Waals surface area contributed by atoms with Crippen molar-refractivity contribution < 1.29 is 23.1 Å². The molecule has 0 spiro atoms. The number of hydrogen-bond donors (Lipinski definition) is 1. The number of phenolic OH excluding ortho intramolecular Hbond substituents is 1. The molecular formula is C8H4F3NO2. The van der Waals surface area contributed by atoms with Gasteiger partial charge >= 0.3 is 0 Å². The number of halogens is 3. The number of hydrogen-bond acceptors (Lipinski definition) is 3. The predicted molar refractivity (Wildman–Crippen MR) is 39.8 cm³/mol. The third kappa shape index (κ3) is 1.75. The lowest BCUT2D eigenvalue weighted by Crippen LogP contribution is -1.96. The molecule has 3 nitrogen and oxygen atoms in total. The number of benzene rings is 1. The van der Waals surface area contributed by atoms with Crippen molar-refractivity contribution in [1.29, 1.82) is 0 Å². The number of aliphatic imine (C=N–C) groups is 1. The van der Waals surface area contributed by atoms with Crippen molar-refractivity contribution in [3.8, 4) is 5.75 Å². The Morgan fingerprint density at radius 3 is 2.57 bits per heavy atom. The molecule has 0 radical (unpaired) electrons. The Hall–Kier alpha value is -1.81. The highest BCUT2D eigenvalue weighted by Gasteiger charge is 2.17. The first-order chi connectivity index (χ1) is 6.57. The van der Waals surface area contributed by atoms with E-state index in [1.807, 2.05) is 0 Å². The molecule has 0 aliphatic rings. The monoisotopic (exact) mass is 203 g/mol. The summed E-state index contributed by atoms with van der Waals surface area (Å²) in [5.74, 6) is -5.23. The molecule has 0 bridgehead atoms. The molecule has 0 amide bonds. The molecule has 1 rings (SSSR count). The third-order valence-electron chi connectivity index (χ3n) is 1.54. The zero-order chi connectivity index (χ0) is 10.7. The second-order valence-electron chi connectivity index (χ2n) is 2.39. The van der Waals surface area contributed by atoms with Gasteiger partial charge in [-0.05, 0) is 0 Å². The summed E-state index contributed by atoms with van der Waals surface area (Å²) in [6, 6.07) is 0.207. The third-order valence-corrected chi connectivity index (χ3v) is 1.54. The number of phenols is 1. The maximum absolute atomic E-state index is 12.9. The summed E-state index contributed by atoms with van der Waals surface area (Å²) in [5.41, 5.74) is -0.703. The van der Waals surface area contributed by atoms with Gasteiger partial charge in [0.25, 0.3) is 0 Å². The topological polar surface area (TPSA) is 49.7 Å². The molecule has 0 aromatic heterocycles. The predicted octanol–water partition coefficient (Wildman–Crippen LogP) is 1.65. The van der Waals surface area contributed by atoms with Gasteiger partial charge in [0.1, 0.15) is 0 Å². The summed E-state index contributed by atoms with van der Waals surface area (Å²) in [6.45, 7) is -0.657. The van der Waals surface area contributed by atoms with E-state index < -0.39 is 35.3 Å². The van der Waals surface area contributed by atoms with Crippen LogP contribution in [0, 0.1) is 17.5 Å². The molecule has 0 aliphatic carbocycles. The van der Waals surface area contributed by atoms with Gasteiger partial charge in [0.05, 0.1) is 12.1 Å². The molecule has 0 aliphatic heterocycles. The lowest BCUT2D eigenvalue weighted by Gasteiger charge is -2.04. The zero-order valence-corrected chi connectivity index (χ0v) is 6.72. The molecule has 74 valence electrons. The molecule has 0 atom stereocenters. The lowest BCUT2D eigenvalue weighted by molar-refractivity contribution is 0.403. The van der Waals surface area contributed by atoms with Crippen molar-refractivity contribution in [2.24, 2.45) is 4.99 Å². The maximum Gasteiger partial charge on any atom is 0.235 e. The molecule has 0 unspecified atom stereocenters. The Balaban J connectivity index is 3.31. The Morgan fingerprint density at radius 1 is 1.36 bits per heavy atom. The van der Waals surface area contributed by atoms with Gasteiger partial charge in [-0.3, -0.25) is 0 Å². The van der Waals surface area contributed by atoms with Gasteiger partial charge in [-0.1, -0.05) is 0 Å². The van der Waals surface area contributed by atoms with E-state index in [4.69, 9.17) is 5.11 Å². The van der Waals surface area contributed by atoms with Crippen LogP contribution in [0.25, 0.3) is 0 Å². The number of rotatable bonds is 2. The molecule has 1 N–H and O–H groups in total. The highest BCUT2D eigenvalue weighted by molar-refractivity contribution is 5.38. The Labute approximate surface area is 76.5 Å². The van der Waals surface area contributed by atoms with Crippen LogP contribution in [0.3, 0.4) is 0 Å². The fourth-order valence-corrected chi connectivity index (χ4v) is 0.891. The van der Waals surface area contributed by atoms with Crippen LogP contribution in [0.15, 0.2) is 11.1 Å². The van der Waals surface area contributed by atoms with Gasteiger partial charge in [0.15, 0.2) is 23.2 Å². The van der Waals surface area contributed by atoms with Crippen LogP contribution in [-0.2, 0) is 11.3 Å². The van der Waals surface area contributed by atoms with Crippen LogP contribution in [0.5, 0.6) is 5.75 Å². The largest absolute Gasteiger partial charge is 0.505 e. The summed E-state index contributed by atoms with van der Waals surface area (Å²) < 4.78 is 38.1. The first-order valence-corrected chi connectivity index (χ1v) is 3.47. The second-order valence-corrected chi connectivity index (χ2v) is 2.39. The Bertz CT molecular complexity index is 387. The summed E-state index contributed by atoms with van der Waals surface area (Å²) in [4.78, 5) is 12.6. The quantitative estimate of drug-likeness (QED) is 0.451. The number of isocyanates is 1. The first kappa shape index (κ1) is 10.3. The summed E-state index contributed by atoms with van der Waals surface area (Å²) in [7, 11) is 0. The first-order valence-electron chi connectivity index (χ1n) is 3.47. The van der Waals surface area contributed by atoms with Crippen molar-refractivity contribution in [1.82, 2.24) is 0 Å². The molecule has 0 saturated carbocycles. The van der Waals surface area contributed by atoms with Gasteiger partial charge in [-0.2, -0.15) is 0 Å². The van der Waals surface area contributed by atoms with Crippen LogP contribution in [0.1, 0.15) is 5.56 Å². The number of aromatic hydroxyl groups is 1. The molecule has 1 aromatic carbocycles. The van der Waals surface area contributed by atoms with E-state index in [9.17, 15) is 18.0 Å². The standard InChI is InChI=1S/C8H4F3NO2/c9-5-1-6(10)8(14)4(7(5)11)2-12-3-13/h1,14H,2H2. The number of carbonyl (C=O) groups excluding carboxylic acids is 1. The van der Waals surface area contributed by atoms with Crippen molar-refractivity contribution in [3.63, 3.8) is 0 Å². The van der Waals surface area contributed by atoms with Crippen LogP contribution in [-0.4, -0.2) is 11.2 Å².